The molecule has 0 spiro atoms. The third kappa shape index (κ3) is 3.74. The number of ether oxygens (including phenoxy) is 1. The van der Waals surface area contributed by atoms with Gasteiger partial charge in [0, 0.05) is 6.20 Å². The van der Waals surface area contributed by atoms with E-state index in [-0.39, 0.29) is 29.4 Å². The summed E-state index contributed by atoms with van der Waals surface area (Å²) in [6, 6.07) is 0. The molecule has 1 aliphatic heterocycles. The predicted octanol–water partition coefficient (Wildman–Crippen LogP) is -3.28. The molecule has 0 saturated carbocycles. The first-order valence-electron chi connectivity index (χ1n) is 8.74. The fourth-order valence-electron chi connectivity index (χ4n) is 3.46. The molecule has 30 heavy (non-hydrogen) atoms. The molecule has 1 aliphatic rings. The zero-order valence-electron chi connectivity index (χ0n) is 15.6. The van der Waals surface area contributed by atoms with Crippen molar-refractivity contribution in [1.82, 2.24) is 29.5 Å². The van der Waals surface area contributed by atoms with E-state index in [4.69, 9.17) is 20.3 Å². The molecule has 0 radical (unpaired) electrons. The van der Waals surface area contributed by atoms with Gasteiger partial charge in [0.15, 0.2) is 6.33 Å². The number of nitrogens with two attached hydrogens (primary N) is 1. The maximum Gasteiger partial charge on any atom is 0.331 e. The second kappa shape index (κ2) is 7.23. The highest BCUT2D eigenvalue weighted by Crippen LogP contribution is 2.38. The van der Waals surface area contributed by atoms with Crippen molar-refractivity contribution in [3.63, 3.8) is 0 Å². The van der Waals surface area contributed by atoms with Crippen LogP contribution < -0.4 is 15.9 Å². The van der Waals surface area contributed by atoms with Crippen LogP contribution >= 0.6 is 7.60 Å². The third-order valence-electron chi connectivity index (χ3n) is 4.72. The molecule has 1 fully saturated rings. The summed E-state index contributed by atoms with van der Waals surface area (Å²) in [7, 11) is -2.69. The van der Waals surface area contributed by atoms with E-state index in [1.165, 1.54) is 26.3 Å². The number of nitrogens with zero attached hydrogens (tertiary/aromatic N) is 6. The highest BCUT2D eigenvalue weighted by atomic mass is 31.2. The van der Waals surface area contributed by atoms with Crippen LogP contribution in [-0.4, -0.2) is 67.8 Å². The molecule has 162 valence electrons. The van der Waals surface area contributed by atoms with Gasteiger partial charge in [0.2, 0.25) is 11.7 Å². The van der Waals surface area contributed by atoms with Crippen molar-refractivity contribution in [3.05, 3.63) is 28.6 Å². The van der Waals surface area contributed by atoms with E-state index in [0.717, 1.165) is 0 Å². The molecule has 0 amide bonds. The lowest BCUT2D eigenvalue weighted by Crippen LogP contribution is -2.46. The van der Waals surface area contributed by atoms with Crippen molar-refractivity contribution in [2.24, 2.45) is 7.05 Å². The molecule has 4 heterocycles. The Morgan fingerprint density at radius 3 is 2.80 bits per heavy atom. The summed E-state index contributed by atoms with van der Waals surface area (Å²) in [5.74, 6) is -0.114. The molecule has 4 rings (SSSR count). The molecule has 15 nitrogen and oxygen atoms in total. The number of hydrogen-bond donors (Lipinski definition) is 6. The second-order valence-corrected chi connectivity index (χ2v) is 8.70. The Morgan fingerprint density at radius 1 is 1.37 bits per heavy atom. The number of anilines is 1. The Balaban J connectivity index is 1.59. The fraction of sp³-hybridized carbons (Fsp3) is 0.500. The lowest BCUT2D eigenvalue weighted by Gasteiger charge is -2.13. The monoisotopic (exact) mass is 443 g/mol. The number of H-pyrrole nitrogens is 1. The number of nitrogens with one attached hydrogen (secondary N) is 1. The number of nitrogen functional groups attached to an aromatic ring is 1. The number of imidazole rings is 1. The van der Waals surface area contributed by atoms with Gasteiger partial charge >= 0.3 is 13.2 Å². The van der Waals surface area contributed by atoms with E-state index in [9.17, 15) is 19.6 Å². The topological polar surface area (TPSA) is 219 Å². The molecule has 16 heteroatoms. The summed E-state index contributed by atoms with van der Waals surface area (Å²) >= 11 is 0. The van der Waals surface area contributed by atoms with Crippen molar-refractivity contribution in [2.75, 3.05) is 5.73 Å². The van der Waals surface area contributed by atoms with Gasteiger partial charge in [0.1, 0.15) is 18.3 Å². The number of aliphatic hydroxyl groups excluding tert-OH is 2. The first-order valence-corrected chi connectivity index (χ1v) is 10.5. The van der Waals surface area contributed by atoms with E-state index in [0.29, 0.717) is 0 Å². The predicted molar refractivity (Wildman–Crippen MR) is 97.6 cm³/mol. The fourth-order valence-corrected chi connectivity index (χ4v) is 4.03. The van der Waals surface area contributed by atoms with Crippen LogP contribution in [0.2, 0.25) is 0 Å². The molecule has 3 aromatic heterocycles. The molecule has 4 atom stereocenters. The summed E-state index contributed by atoms with van der Waals surface area (Å²) < 4.78 is 21.0. The Bertz CT molecular complexity index is 1200. The maximum atomic E-state index is 12.2. The zero-order valence-corrected chi connectivity index (χ0v) is 16.5. The molecule has 0 aliphatic carbocycles. The largest absolute Gasteiger partial charge is 0.387 e. The number of aromatic amines is 1. The first kappa shape index (κ1) is 20.6. The van der Waals surface area contributed by atoms with Gasteiger partial charge in [0.05, 0.1) is 25.4 Å². The number of aromatic nitrogens is 7. The lowest BCUT2D eigenvalue weighted by molar-refractivity contribution is -0.745. The standard InChI is InChI=1S/C14H19N8O7P/c1-20-5-22(11-8(20)12(25)17-14(15)16-11)13-10(24)9(23)7(29-13)3-21-2-6(18-19-21)4-30(26,27)28/h2,5,7,9-10,13,23-24H,3-4H2,1H3,(H4-,15,16,17,25,26,27,28)/p+1/t7-,9-,10-,13-/m1/s1. The smallest absolute Gasteiger partial charge is 0.331 e. The number of hydrogen-bond acceptors (Lipinski definition) is 9. The minimum Gasteiger partial charge on any atom is -0.387 e. The van der Waals surface area contributed by atoms with E-state index >= 15 is 0 Å². The number of rotatable bonds is 5. The van der Waals surface area contributed by atoms with E-state index < -0.39 is 43.9 Å². The molecule has 3 aromatic rings. The van der Waals surface area contributed by atoms with Crippen molar-refractivity contribution >= 4 is 24.7 Å². The van der Waals surface area contributed by atoms with Crippen molar-refractivity contribution < 1.29 is 33.9 Å². The van der Waals surface area contributed by atoms with E-state index in [1.807, 2.05) is 0 Å². The molecule has 0 aromatic carbocycles. The quantitative estimate of drug-likeness (QED) is 0.170. The van der Waals surface area contributed by atoms with Crippen molar-refractivity contribution in [2.45, 2.75) is 37.2 Å². The zero-order chi connectivity index (χ0) is 21.8. The van der Waals surface area contributed by atoms with E-state index in [1.54, 1.807) is 7.05 Å². The van der Waals surface area contributed by atoms with Crippen molar-refractivity contribution in [3.8, 4) is 0 Å². The molecule has 0 bridgehead atoms. The van der Waals surface area contributed by atoms with Crippen LogP contribution in [0.15, 0.2) is 17.3 Å². The van der Waals surface area contributed by atoms with Gasteiger partial charge in [0.25, 0.3) is 11.5 Å². The van der Waals surface area contributed by atoms with Gasteiger partial charge in [-0.3, -0.25) is 18.9 Å². The number of fused-ring (bicyclic) bond motifs is 1. The molecule has 0 unspecified atom stereocenters. The van der Waals surface area contributed by atoms with Gasteiger partial charge in [-0.1, -0.05) is 10.2 Å². The number of aliphatic hydroxyl groups is 2. The normalized spacial score (nSPS) is 24.7. The van der Waals surface area contributed by atoms with Crippen LogP contribution in [0.5, 0.6) is 0 Å². The Labute approximate surface area is 167 Å². The van der Waals surface area contributed by atoms with Gasteiger partial charge in [-0.25, -0.2) is 9.25 Å². The first-order chi connectivity index (χ1) is 14.0. The molecule has 7 N–H and O–H groups in total. The molecular formula is C14H20N8O7P+. The molecular weight excluding hydrogens is 423 g/mol. The average Bonchev–Trinajstić information content (AvgIpc) is 3.26. The minimum atomic E-state index is -4.30. The summed E-state index contributed by atoms with van der Waals surface area (Å²) in [5.41, 5.74) is 5.60. The second-order valence-electron chi connectivity index (χ2n) is 7.06. The SMILES string of the molecule is Cn1c[n+]([C@@H]2O[C@H](Cn3cc(CP(=O)(O)O)nn3)[C@@H](O)[C@H]2O)c2nc(N)[nH]c(=O)c21. The Kier molecular flexibility index (Phi) is 4.96. The van der Waals surface area contributed by atoms with Crippen LogP contribution in [-0.2, 0) is 29.1 Å². The average molecular weight is 443 g/mol. The van der Waals surface area contributed by atoms with Crippen molar-refractivity contribution in [1.29, 1.82) is 0 Å². The molecule has 1 saturated heterocycles. The van der Waals surface area contributed by atoms with Crippen LogP contribution in [0.4, 0.5) is 5.95 Å². The summed E-state index contributed by atoms with van der Waals surface area (Å²) in [4.78, 5) is 36.7. The summed E-state index contributed by atoms with van der Waals surface area (Å²) in [6.07, 6.45) is -2.42. The van der Waals surface area contributed by atoms with Gasteiger partial charge in [-0.15, -0.1) is 5.10 Å². The van der Waals surface area contributed by atoms with Gasteiger partial charge in [-0.05, 0) is 0 Å². The summed E-state index contributed by atoms with van der Waals surface area (Å²) in [6.45, 7) is -0.0373. The third-order valence-corrected chi connectivity index (χ3v) is 5.46. The van der Waals surface area contributed by atoms with Crippen LogP contribution in [0, 0.1) is 0 Å². The van der Waals surface area contributed by atoms with Gasteiger partial charge < -0.3 is 30.5 Å². The minimum absolute atomic E-state index is 0.0373. The maximum absolute atomic E-state index is 12.2. The highest BCUT2D eigenvalue weighted by molar-refractivity contribution is 7.50. The van der Waals surface area contributed by atoms with Crippen LogP contribution in [0.3, 0.4) is 0 Å². The Morgan fingerprint density at radius 2 is 2.10 bits per heavy atom. The lowest BCUT2D eigenvalue weighted by atomic mass is 10.1. The van der Waals surface area contributed by atoms with Crippen LogP contribution in [0.25, 0.3) is 11.2 Å². The highest BCUT2D eigenvalue weighted by Gasteiger charge is 2.47. The van der Waals surface area contributed by atoms with Gasteiger partial charge in [-0.2, -0.15) is 0 Å². The van der Waals surface area contributed by atoms with Crippen LogP contribution in [0.1, 0.15) is 11.9 Å². The summed E-state index contributed by atoms with van der Waals surface area (Å²) in [5, 5.41) is 28.4. The van der Waals surface area contributed by atoms with E-state index in [2.05, 4.69) is 20.3 Å². The Hall–Kier alpha value is -2.68. The number of aryl methyl sites for hydroxylation is 1.